The van der Waals surface area contributed by atoms with Crippen LogP contribution in [0.4, 0.5) is 0 Å². The van der Waals surface area contributed by atoms with Crippen LogP contribution >= 0.6 is 11.6 Å². The summed E-state index contributed by atoms with van der Waals surface area (Å²) < 4.78 is 25.7. The number of rotatable bonds is 6. The molecule has 1 atom stereocenters. The van der Waals surface area contributed by atoms with E-state index in [1.165, 1.54) is 24.3 Å². The predicted molar refractivity (Wildman–Crippen MR) is 64.9 cm³/mol. The zero-order chi connectivity index (χ0) is 13.8. The molecule has 0 saturated carbocycles. The summed E-state index contributed by atoms with van der Waals surface area (Å²) in [5.41, 5.74) is 0. The van der Waals surface area contributed by atoms with Crippen molar-refractivity contribution in [2.45, 2.75) is 17.4 Å². The van der Waals surface area contributed by atoms with Crippen molar-refractivity contribution in [1.82, 2.24) is 4.72 Å². The SMILES string of the molecule is O=C(O)C(CCO)NS(=O)(=O)c1ccc(Cl)cc1. The summed E-state index contributed by atoms with van der Waals surface area (Å²) in [4.78, 5) is 10.7. The first-order valence-electron chi connectivity index (χ1n) is 4.98. The van der Waals surface area contributed by atoms with Gasteiger partial charge in [0.25, 0.3) is 0 Å². The summed E-state index contributed by atoms with van der Waals surface area (Å²) in [6.07, 6.45) is -0.206. The van der Waals surface area contributed by atoms with Crippen molar-refractivity contribution in [1.29, 1.82) is 0 Å². The van der Waals surface area contributed by atoms with E-state index in [1.807, 2.05) is 4.72 Å². The highest BCUT2D eigenvalue weighted by atomic mass is 35.5. The number of carboxylic acids is 1. The van der Waals surface area contributed by atoms with Gasteiger partial charge in [-0.15, -0.1) is 0 Å². The molecule has 1 aromatic rings. The summed E-state index contributed by atoms with van der Waals surface area (Å²) in [7, 11) is -3.94. The van der Waals surface area contributed by atoms with E-state index in [-0.39, 0.29) is 11.3 Å². The quantitative estimate of drug-likeness (QED) is 0.707. The molecule has 0 spiro atoms. The minimum absolute atomic E-state index is 0.0870. The maximum atomic E-state index is 11.8. The van der Waals surface area contributed by atoms with Gasteiger partial charge >= 0.3 is 5.97 Å². The van der Waals surface area contributed by atoms with E-state index in [0.717, 1.165) is 0 Å². The third-order valence-electron chi connectivity index (χ3n) is 2.14. The molecule has 0 bridgehead atoms. The van der Waals surface area contributed by atoms with Gasteiger partial charge in [-0.3, -0.25) is 4.79 Å². The summed E-state index contributed by atoms with van der Waals surface area (Å²) in [5.74, 6) is -1.35. The number of benzene rings is 1. The van der Waals surface area contributed by atoms with Crippen LogP contribution < -0.4 is 4.72 Å². The number of hydrogen-bond acceptors (Lipinski definition) is 4. The summed E-state index contributed by atoms with van der Waals surface area (Å²) in [6, 6.07) is 3.94. The fourth-order valence-corrected chi connectivity index (χ4v) is 2.58. The van der Waals surface area contributed by atoms with Crippen molar-refractivity contribution >= 4 is 27.6 Å². The fourth-order valence-electron chi connectivity index (χ4n) is 1.23. The zero-order valence-corrected chi connectivity index (χ0v) is 10.8. The lowest BCUT2D eigenvalue weighted by molar-refractivity contribution is -0.139. The third-order valence-corrected chi connectivity index (χ3v) is 3.88. The normalized spacial score (nSPS) is 13.2. The van der Waals surface area contributed by atoms with Gasteiger partial charge in [0.15, 0.2) is 0 Å². The highest BCUT2D eigenvalue weighted by molar-refractivity contribution is 7.89. The maximum absolute atomic E-state index is 11.8. The van der Waals surface area contributed by atoms with E-state index in [9.17, 15) is 13.2 Å². The molecule has 1 aromatic carbocycles. The molecule has 0 aromatic heterocycles. The molecule has 0 aliphatic carbocycles. The first kappa shape index (κ1) is 14.9. The van der Waals surface area contributed by atoms with Crippen LogP contribution in [0.25, 0.3) is 0 Å². The van der Waals surface area contributed by atoms with Crippen molar-refractivity contribution < 1.29 is 23.4 Å². The summed E-state index contributed by atoms with van der Waals surface area (Å²) >= 11 is 5.63. The highest BCUT2D eigenvalue weighted by Crippen LogP contribution is 2.14. The number of hydrogen-bond donors (Lipinski definition) is 3. The Morgan fingerprint density at radius 3 is 2.33 bits per heavy atom. The van der Waals surface area contributed by atoms with E-state index in [4.69, 9.17) is 21.8 Å². The Morgan fingerprint density at radius 2 is 1.89 bits per heavy atom. The maximum Gasteiger partial charge on any atom is 0.321 e. The molecule has 18 heavy (non-hydrogen) atoms. The molecule has 100 valence electrons. The topological polar surface area (TPSA) is 104 Å². The Bertz CT molecular complexity index is 514. The number of aliphatic hydroxyl groups excluding tert-OH is 1. The van der Waals surface area contributed by atoms with Gasteiger partial charge in [0.1, 0.15) is 6.04 Å². The lowest BCUT2D eigenvalue weighted by atomic mass is 10.2. The molecule has 0 amide bonds. The van der Waals surface area contributed by atoms with Gasteiger partial charge < -0.3 is 10.2 Å². The molecule has 3 N–H and O–H groups in total. The molecule has 0 radical (unpaired) electrons. The lowest BCUT2D eigenvalue weighted by Crippen LogP contribution is -2.41. The number of aliphatic hydroxyl groups is 1. The second kappa shape index (κ2) is 6.14. The second-order valence-electron chi connectivity index (χ2n) is 3.48. The lowest BCUT2D eigenvalue weighted by Gasteiger charge is -2.13. The van der Waals surface area contributed by atoms with E-state index < -0.39 is 28.6 Å². The van der Waals surface area contributed by atoms with Crippen LogP contribution in [0.3, 0.4) is 0 Å². The van der Waals surface area contributed by atoms with Crippen molar-refractivity contribution in [3.05, 3.63) is 29.3 Å². The minimum atomic E-state index is -3.94. The number of halogens is 1. The van der Waals surface area contributed by atoms with E-state index in [2.05, 4.69) is 0 Å². The van der Waals surface area contributed by atoms with Gasteiger partial charge in [-0.05, 0) is 30.7 Å². The molecule has 6 nitrogen and oxygen atoms in total. The molecule has 0 aliphatic rings. The first-order chi connectivity index (χ1) is 8.36. The van der Waals surface area contributed by atoms with Crippen LogP contribution in [0.2, 0.25) is 5.02 Å². The van der Waals surface area contributed by atoms with Crippen molar-refractivity contribution in [2.75, 3.05) is 6.61 Å². The van der Waals surface area contributed by atoms with Gasteiger partial charge in [-0.1, -0.05) is 11.6 Å². The van der Waals surface area contributed by atoms with Crippen LogP contribution in [0.1, 0.15) is 6.42 Å². The van der Waals surface area contributed by atoms with Gasteiger partial charge in [0, 0.05) is 11.6 Å². The Kier molecular flexibility index (Phi) is 5.09. The van der Waals surface area contributed by atoms with Crippen molar-refractivity contribution in [3.63, 3.8) is 0 Å². The summed E-state index contributed by atoms with van der Waals surface area (Å²) in [5, 5.41) is 17.8. The third kappa shape index (κ3) is 3.95. The first-order valence-corrected chi connectivity index (χ1v) is 6.84. The van der Waals surface area contributed by atoms with Gasteiger partial charge in [0.2, 0.25) is 10.0 Å². The van der Waals surface area contributed by atoms with Crippen LogP contribution in [0.5, 0.6) is 0 Å². The number of aliphatic carboxylic acids is 1. The zero-order valence-electron chi connectivity index (χ0n) is 9.21. The van der Waals surface area contributed by atoms with E-state index in [0.29, 0.717) is 5.02 Å². The number of carboxylic acid groups (broad SMARTS) is 1. The Balaban J connectivity index is 2.93. The standard InChI is InChI=1S/C10H12ClNO5S/c11-7-1-3-8(4-2-7)18(16,17)12-9(5-6-13)10(14)15/h1-4,9,12-13H,5-6H2,(H,14,15). The molecule has 0 fully saturated rings. The van der Waals surface area contributed by atoms with Crippen LogP contribution in [-0.4, -0.2) is 37.2 Å². The second-order valence-corrected chi connectivity index (χ2v) is 5.63. The van der Waals surface area contributed by atoms with Gasteiger partial charge in [0.05, 0.1) is 4.90 Å². The average molecular weight is 294 g/mol. The Labute approximate surface area is 109 Å². The average Bonchev–Trinajstić information content (AvgIpc) is 2.28. The molecule has 1 rings (SSSR count). The van der Waals surface area contributed by atoms with Gasteiger partial charge in [-0.2, -0.15) is 4.72 Å². The van der Waals surface area contributed by atoms with Crippen molar-refractivity contribution in [3.8, 4) is 0 Å². The molecular weight excluding hydrogens is 282 g/mol. The Morgan fingerprint density at radius 1 is 1.33 bits per heavy atom. The van der Waals surface area contributed by atoms with E-state index >= 15 is 0 Å². The largest absolute Gasteiger partial charge is 0.480 e. The smallest absolute Gasteiger partial charge is 0.321 e. The number of carbonyl (C=O) groups is 1. The van der Waals surface area contributed by atoms with Crippen molar-refractivity contribution in [2.24, 2.45) is 0 Å². The molecule has 0 aliphatic heterocycles. The summed E-state index contributed by atoms with van der Waals surface area (Å²) in [6.45, 7) is -0.430. The van der Waals surface area contributed by atoms with Crippen LogP contribution in [0, 0.1) is 0 Å². The number of sulfonamides is 1. The number of nitrogens with one attached hydrogen (secondary N) is 1. The Hall–Kier alpha value is -1.15. The van der Waals surface area contributed by atoms with Crippen LogP contribution in [-0.2, 0) is 14.8 Å². The minimum Gasteiger partial charge on any atom is -0.480 e. The predicted octanol–water partition coefficient (Wildman–Crippen LogP) is 0.454. The molecule has 0 saturated heterocycles. The molecule has 1 unspecified atom stereocenters. The molecular formula is C10H12ClNO5S. The molecule has 0 heterocycles. The highest BCUT2D eigenvalue weighted by Gasteiger charge is 2.24. The monoisotopic (exact) mass is 293 g/mol. The molecule has 8 heteroatoms. The van der Waals surface area contributed by atoms with Crippen LogP contribution in [0.15, 0.2) is 29.2 Å². The fraction of sp³-hybridized carbons (Fsp3) is 0.300. The van der Waals surface area contributed by atoms with E-state index in [1.54, 1.807) is 0 Å². The van der Waals surface area contributed by atoms with Gasteiger partial charge in [-0.25, -0.2) is 8.42 Å².